The summed E-state index contributed by atoms with van der Waals surface area (Å²) in [5, 5.41) is 5.54. The molecule has 0 saturated heterocycles. The molecule has 0 aliphatic heterocycles. The molecule has 2 rings (SSSR count). The van der Waals surface area contributed by atoms with E-state index in [0.717, 1.165) is 23.3 Å². The molecule has 4 N–H and O–H groups in total. The molecular weight excluding hydrogens is 354 g/mol. The van der Waals surface area contributed by atoms with E-state index in [1.165, 1.54) is 0 Å². The van der Waals surface area contributed by atoms with Crippen molar-refractivity contribution < 1.29 is 14.3 Å². The van der Waals surface area contributed by atoms with Crippen LogP contribution in [0.2, 0.25) is 0 Å². The Hall–Kier alpha value is -2.86. The van der Waals surface area contributed by atoms with Crippen LogP contribution in [0.5, 0.6) is 5.75 Å². The van der Waals surface area contributed by atoms with Gasteiger partial charge in [-0.3, -0.25) is 9.59 Å². The summed E-state index contributed by atoms with van der Waals surface area (Å²) in [6.07, 6.45) is 1.85. The Morgan fingerprint density at radius 3 is 2.64 bits per heavy atom. The molecule has 0 aliphatic rings. The van der Waals surface area contributed by atoms with Crippen LogP contribution in [-0.2, 0) is 4.79 Å². The zero-order chi connectivity index (χ0) is 20.4. The van der Waals surface area contributed by atoms with Crippen LogP contribution in [0.1, 0.15) is 40.7 Å². The highest BCUT2D eigenvalue weighted by Crippen LogP contribution is 2.19. The zero-order valence-corrected chi connectivity index (χ0v) is 16.6. The minimum absolute atomic E-state index is 0.120. The fourth-order valence-electron chi connectivity index (χ4n) is 2.72. The van der Waals surface area contributed by atoms with Crippen molar-refractivity contribution in [2.75, 3.05) is 25.0 Å². The lowest BCUT2D eigenvalue weighted by Crippen LogP contribution is -2.29. The van der Waals surface area contributed by atoms with E-state index in [-0.39, 0.29) is 11.8 Å². The smallest absolute Gasteiger partial charge is 0.253 e. The lowest BCUT2D eigenvalue weighted by atomic mass is 10.1. The van der Waals surface area contributed by atoms with Gasteiger partial charge in [-0.1, -0.05) is 24.3 Å². The first-order valence-electron chi connectivity index (χ1n) is 9.58. The number of amides is 2. The molecule has 2 amide bonds. The summed E-state index contributed by atoms with van der Waals surface area (Å²) in [6, 6.07) is 13.1. The van der Waals surface area contributed by atoms with E-state index in [4.69, 9.17) is 10.5 Å². The molecule has 0 fully saturated rings. The van der Waals surface area contributed by atoms with Crippen molar-refractivity contribution in [2.45, 2.75) is 33.1 Å². The van der Waals surface area contributed by atoms with Gasteiger partial charge >= 0.3 is 0 Å². The molecule has 0 aromatic heterocycles. The maximum Gasteiger partial charge on any atom is 0.253 e. The summed E-state index contributed by atoms with van der Waals surface area (Å²) in [6.45, 7) is 5.37. The molecule has 150 valence electrons. The quantitative estimate of drug-likeness (QED) is 0.549. The number of aryl methyl sites for hydroxylation is 2. The van der Waals surface area contributed by atoms with Gasteiger partial charge in [-0.15, -0.1) is 0 Å². The van der Waals surface area contributed by atoms with Crippen molar-refractivity contribution in [1.29, 1.82) is 0 Å². The SMILES string of the molecule is Cc1ccc(C)c(OCCCCC(=O)Nc2ccccc2C(=O)NCCN)c1. The average Bonchev–Trinajstić information content (AvgIpc) is 2.68. The summed E-state index contributed by atoms with van der Waals surface area (Å²) in [5.74, 6) is 0.524. The molecular formula is C22H29N3O3. The number of carbonyl (C=O) groups is 2. The average molecular weight is 383 g/mol. The number of benzene rings is 2. The van der Waals surface area contributed by atoms with Gasteiger partial charge in [-0.25, -0.2) is 0 Å². The molecule has 0 heterocycles. The van der Waals surface area contributed by atoms with E-state index in [0.29, 0.717) is 43.8 Å². The Morgan fingerprint density at radius 2 is 1.86 bits per heavy atom. The monoisotopic (exact) mass is 383 g/mol. The number of ether oxygens (including phenoxy) is 1. The number of hydrogen-bond acceptors (Lipinski definition) is 4. The van der Waals surface area contributed by atoms with Crippen molar-refractivity contribution in [3.8, 4) is 5.75 Å². The number of para-hydroxylation sites is 1. The molecule has 28 heavy (non-hydrogen) atoms. The first-order chi connectivity index (χ1) is 13.5. The molecule has 0 aliphatic carbocycles. The van der Waals surface area contributed by atoms with Gasteiger partial charge in [0.2, 0.25) is 5.91 Å². The van der Waals surface area contributed by atoms with E-state index in [9.17, 15) is 9.59 Å². The molecule has 0 saturated carbocycles. The maximum atomic E-state index is 12.2. The van der Waals surface area contributed by atoms with Gasteiger partial charge in [0.05, 0.1) is 17.9 Å². The van der Waals surface area contributed by atoms with Crippen LogP contribution in [0.15, 0.2) is 42.5 Å². The van der Waals surface area contributed by atoms with E-state index >= 15 is 0 Å². The molecule has 6 nitrogen and oxygen atoms in total. The summed E-state index contributed by atoms with van der Waals surface area (Å²) in [5.41, 5.74) is 8.62. The molecule has 6 heteroatoms. The van der Waals surface area contributed by atoms with E-state index < -0.39 is 0 Å². The lowest BCUT2D eigenvalue weighted by Gasteiger charge is -2.12. The van der Waals surface area contributed by atoms with Crippen molar-refractivity contribution in [2.24, 2.45) is 5.73 Å². The van der Waals surface area contributed by atoms with Crippen LogP contribution in [-0.4, -0.2) is 31.5 Å². The second-order valence-electron chi connectivity index (χ2n) is 6.71. The van der Waals surface area contributed by atoms with Gasteiger partial charge in [0, 0.05) is 19.5 Å². The molecule has 0 bridgehead atoms. The summed E-state index contributed by atoms with van der Waals surface area (Å²) in [4.78, 5) is 24.4. The third-order valence-corrected chi connectivity index (χ3v) is 4.28. The fraction of sp³-hybridized carbons (Fsp3) is 0.364. The van der Waals surface area contributed by atoms with Gasteiger partial charge in [0.1, 0.15) is 5.75 Å². The van der Waals surface area contributed by atoms with E-state index in [1.807, 2.05) is 26.0 Å². The third-order valence-electron chi connectivity index (χ3n) is 4.28. The Labute approximate surface area is 166 Å². The van der Waals surface area contributed by atoms with Gasteiger partial charge < -0.3 is 21.1 Å². The summed E-state index contributed by atoms with van der Waals surface area (Å²) < 4.78 is 5.81. The van der Waals surface area contributed by atoms with Crippen LogP contribution >= 0.6 is 0 Å². The number of carbonyl (C=O) groups excluding carboxylic acids is 2. The van der Waals surface area contributed by atoms with Crippen LogP contribution < -0.4 is 21.1 Å². The largest absolute Gasteiger partial charge is 0.493 e. The summed E-state index contributed by atoms with van der Waals surface area (Å²) in [7, 11) is 0. The first-order valence-corrected chi connectivity index (χ1v) is 9.58. The van der Waals surface area contributed by atoms with Crippen LogP contribution in [0, 0.1) is 13.8 Å². The van der Waals surface area contributed by atoms with Gasteiger partial charge in [0.15, 0.2) is 0 Å². The molecule has 0 unspecified atom stereocenters. The second-order valence-corrected chi connectivity index (χ2v) is 6.71. The minimum atomic E-state index is -0.247. The normalized spacial score (nSPS) is 10.4. The van der Waals surface area contributed by atoms with E-state index in [1.54, 1.807) is 24.3 Å². The highest BCUT2D eigenvalue weighted by molar-refractivity contribution is 6.03. The van der Waals surface area contributed by atoms with Crippen molar-refractivity contribution >= 4 is 17.5 Å². The highest BCUT2D eigenvalue weighted by atomic mass is 16.5. The summed E-state index contributed by atoms with van der Waals surface area (Å²) >= 11 is 0. The molecule has 2 aromatic rings. The third kappa shape index (κ3) is 6.70. The van der Waals surface area contributed by atoms with Gasteiger partial charge in [-0.2, -0.15) is 0 Å². The topological polar surface area (TPSA) is 93.4 Å². The molecule has 2 aromatic carbocycles. The number of hydrogen-bond donors (Lipinski definition) is 3. The predicted octanol–water partition coefficient (Wildman–Crippen LogP) is 3.18. The zero-order valence-electron chi connectivity index (χ0n) is 16.6. The Bertz CT molecular complexity index is 805. The number of nitrogens with one attached hydrogen (secondary N) is 2. The Kier molecular flexibility index (Phi) is 8.49. The highest BCUT2D eigenvalue weighted by Gasteiger charge is 2.12. The van der Waals surface area contributed by atoms with Crippen LogP contribution in [0.3, 0.4) is 0 Å². The molecule has 0 radical (unpaired) electrons. The standard InChI is InChI=1S/C22H29N3O3/c1-16-10-11-17(2)20(15-16)28-14-6-5-9-21(26)25-19-8-4-3-7-18(19)22(27)24-13-12-23/h3-4,7-8,10-11,15H,5-6,9,12-14,23H2,1-2H3,(H,24,27)(H,25,26). The molecule has 0 atom stereocenters. The second kappa shape index (κ2) is 11.1. The molecule has 0 spiro atoms. The fourth-order valence-corrected chi connectivity index (χ4v) is 2.72. The number of anilines is 1. The Morgan fingerprint density at radius 1 is 1.07 bits per heavy atom. The van der Waals surface area contributed by atoms with Gasteiger partial charge in [0.25, 0.3) is 5.91 Å². The maximum absolute atomic E-state index is 12.2. The number of rotatable bonds is 10. The van der Waals surface area contributed by atoms with Crippen LogP contribution in [0.4, 0.5) is 5.69 Å². The van der Waals surface area contributed by atoms with Crippen molar-refractivity contribution in [3.63, 3.8) is 0 Å². The van der Waals surface area contributed by atoms with E-state index in [2.05, 4.69) is 16.7 Å². The van der Waals surface area contributed by atoms with Crippen LogP contribution in [0.25, 0.3) is 0 Å². The van der Waals surface area contributed by atoms with Gasteiger partial charge in [-0.05, 0) is 56.0 Å². The predicted molar refractivity (Wildman–Crippen MR) is 112 cm³/mol. The van der Waals surface area contributed by atoms with Crippen molar-refractivity contribution in [3.05, 3.63) is 59.2 Å². The lowest BCUT2D eigenvalue weighted by molar-refractivity contribution is -0.116. The number of nitrogens with two attached hydrogens (primary N) is 1. The number of unbranched alkanes of at least 4 members (excludes halogenated alkanes) is 1. The Balaban J connectivity index is 1.77. The first kappa shape index (κ1) is 21.4. The minimum Gasteiger partial charge on any atom is -0.493 e. The van der Waals surface area contributed by atoms with Crippen molar-refractivity contribution in [1.82, 2.24) is 5.32 Å².